The number of aliphatic hydroxyl groups is 1. The highest BCUT2D eigenvalue weighted by atomic mass is 16.5. The predicted molar refractivity (Wildman–Crippen MR) is 175 cm³/mol. The fourth-order valence-electron chi connectivity index (χ4n) is 12.6. The van der Waals surface area contributed by atoms with Crippen LogP contribution in [0.25, 0.3) is 6.08 Å². The largest absolute Gasteiger partial charge is 0.504 e. The lowest BCUT2D eigenvalue weighted by Gasteiger charge is -2.73. The molecular formula is C39H56O5. The van der Waals surface area contributed by atoms with Crippen LogP contribution in [0.15, 0.2) is 36.4 Å². The van der Waals surface area contributed by atoms with Gasteiger partial charge in [0.25, 0.3) is 0 Å². The van der Waals surface area contributed by atoms with Crippen LogP contribution in [0.1, 0.15) is 112 Å². The SMILES string of the molecule is C=C(C)[C@@H]1CC[C@]2(C)CC[C@]3(C)C(CCC4[C@]5(C)C(CC[C@]43C)C(C)(C)[C@@H](OC(=O)/C=C/c3ccc(O)c(O)c3)C[C@H]5O)C12. The van der Waals surface area contributed by atoms with E-state index in [1.54, 1.807) is 12.1 Å². The van der Waals surface area contributed by atoms with Crippen LogP contribution < -0.4 is 0 Å². The summed E-state index contributed by atoms with van der Waals surface area (Å²) in [5.41, 5.74) is 2.28. The lowest BCUT2D eigenvalue weighted by Crippen LogP contribution is -2.69. The Morgan fingerprint density at radius 1 is 0.909 bits per heavy atom. The van der Waals surface area contributed by atoms with Crippen molar-refractivity contribution < 1.29 is 24.9 Å². The molecule has 0 aliphatic heterocycles. The molecule has 1 aromatic rings. The summed E-state index contributed by atoms with van der Waals surface area (Å²) in [6, 6.07) is 4.43. The number of rotatable bonds is 4. The van der Waals surface area contributed by atoms with Gasteiger partial charge in [0.05, 0.1) is 6.10 Å². The molecule has 0 saturated heterocycles. The second-order valence-electron chi connectivity index (χ2n) is 17.3. The molecule has 0 bridgehead atoms. The van der Waals surface area contributed by atoms with E-state index in [0.29, 0.717) is 35.2 Å². The van der Waals surface area contributed by atoms with Crippen molar-refractivity contribution in [2.24, 2.45) is 56.7 Å². The van der Waals surface area contributed by atoms with E-state index in [1.165, 1.54) is 62.3 Å². The van der Waals surface area contributed by atoms with Gasteiger partial charge in [0.2, 0.25) is 0 Å². The third kappa shape index (κ3) is 4.37. The number of aliphatic hydroxyl groups excluding tert-OH is 1. The Morgan fingerprint density at radius 3 is 2.32 bits per heavy atom. The summed E-state index contributed by atoms with van der Waals surface area (Å²) in [6.07, 6.45) is 12.3. The smallest absolute Gasteiger partial charge is 0.331 e. The van der Waals surface area contributed by atoms with E-state index in [-0.39, 0.29) is 45.2 Å². The molecule has 5 aliphatic carbocycles. The predicted octanol–water partition coefficient (Wildman–Crippen LogP) is 8.67. The van der Waals surface area contributed by atoms with Gasteiger partial charge >= 0.3 is 5.97 Å². The van der Waals surface area contributed by atoms with Crippen molar-refractivity contribution in [3.63, 3.8) is 0 Å². The number of hydrogen-bond donors (Lipinski definition) is 3. The lowest BCUT2D eigenvalue weighted by molar-refractivity contribution is -0.275. The molecule has 6 rings (SSSR count). The summed E-state index contributed by atoms with van der Waals surface area (Å²) in [6.45, 7) is 21.4. The second-order valence-corrected chi connectivity index (χ2v) is 17.3. The third-order valence-electron chi connectivity index (χ3n) is 15.2. The van der Waals surface area contributed by atoms with E-state index in [1.807, 2.05) is 0 Å². The van der Waals surface area contributed by atoms with Crippen molar-refractivity contribution in [1.82, 2.24) is 0 Å². The normalized spacial score (nSPS) is 46.0. The quantitative estimate of drug-likeness (QED) is 0.139. The van der Waals surface area contributed by atoms with E-state index in [4.69, 9.17) is 4.74 Å². The van der Waals surface area contributed by atoms with Crippen molar-refractivity contribution in [3.8, 4) is 11.5 Å². The molecule has 3 N–H and O–H groups in total. The topological polar surface area (TPSA) is 87.0 Å². The maximum atomic E-state index is 13.0. The molecule has 5 heteroatoms. The van der Waals surface area contributed by atoms with E-state index in [2.05, 4.69) is 55.0 Å². The molecule has 0 amide bonds. The summed E-state index contributed by atoms with van der Waals surface area (Å²) >= 11 is 0. The highest BCUT2D eigenvalue weighted by Gasteiger charge is 2.72. The number of fused-ring (bicyclic) bond motifs is 7. The number of carbonyl (C=O) groups excluding carboxylic acids is 1. The number of carbonyl (C=O) groups is 1. The van der Waals surface area contributed by atoms with Gasteiger partial charge in [0.1, 0.15) is 6.10 Å². The highest BCUT2D eigenvalue weighted by molar-refractivity contribution is 5.87. The van der Waals surface area contributed by atoms with Crippen LogP contribution in [0.3, 0.4) is 0 Å². The van der Waals surface area contributed by atoms with Gasteiger partial charge in [-0.05, 0) is 128 Å². The summed E-state index contributed by atoms with van der Waals surface area (Å²) < 4.78 is 6.10. The first-order valence-corrected chi connectivity index (χ1v) is 17.2. The summed E-state index contributed by atoms with van der Waals surface area (Å²) in [5.74, 6) is 1.86. The Hall–Kier alpha value is -2.27. The zero-order valence-electron chi connectivity index (χ0n) is 28.2. The van der Waals surface area contributed by atoms with Crippen LogP contribution in [0.2, 0.25) is 0 Å². The Morgan fingerprint density at radius 2 is 1.64 bits per heavy atom. The number of hydrogen-bond acceptors (Lipinski definition) is 5. The molecule has 5 nitrogen and oxygen atoms in total. The molecule has 5 fully saturated rings. The number of phenolic OH excluding ortho intramolecular Hbond substituents is 2. The highest BCUT2D eigenvalue weighted by Crippen LogP contribution is 2.77. The molecule has 242 valence electrons. The molecule has 0 radical (unpaired) electrons. The van der Waals surface area contributed by atoms with Crippen molar-refractivity contribution in [1.29, 1.82) is 0 Å². The molecule has 1 aromatic carbocycles. The average molecular weight is 605 g/mol. The van der Waals surface area contributed by atoms with Crippen LogP contribution in [0.4, 0.5) is 0 Å². The van der Waals surface area contributed by atoms with Gasteiger partial charge in [-0.25, -0.2) is 4.79 Å². The van der Waals surface area contributed by atoms with Crippen molar-refractivity contribution in [2.45, 2.75) is 118 Å². The fraction of sp³-hybridized carbons (Fsp3) is 0.718. The van der Waals surface area contributed by atoms with Crippen molar-refractivity contribution in [3.05, 3.63) is 42.0 Å². The van der Waals surface area contributed by atoms with E-state index in [0.717, 1.165) is 18.8 Å². The average Bonchev–Trinajstić information content (AvgIpc) is 3.31. The Labute approximate surface area is 265 Å². The first-order chi connectivity index (χ1) is 20.5. The van der Waals surface area contributed by atoms with Crippen LogP contribution in [0, 0.1) is 56.7 Å². The standard InChI is InChI=1S/C39H56O5/c1-23(2)25-15-17-36(5)19-20-37(6)26(34(25)36)11-13-30-38(37,7)18-16-29-35(3,4)32(22-31(42)39(29,30)8)44-33(43)14-10-24-9-12-27(40)28(41)21-24/h9-10,12,14,21,25-26,29-32,34,40-42H,1,11,13,15-20,22H2,2-8H3/b14-10+/t25-,26?,29?,30?,31+,32-,34?,36+,37+,38+,39-/m0/s1. The third-order valence-corrected chi connectivity index (χ3v) is 15.2. The van der Waals surface area contributed by atoms with Crippen molar-refractivity contribution in [2.75, 3.05) is 0 Å². The monoisotopic (exact) mass is 604 g/mol. The summed E-state index contributed by atoms with van der Waals surface area (Å²) in [7, 11) is 0. The first-order valence-electron chi connectivity index (χ1n) is 17.2. The van der Waals surface area contributed by atoms with Crippen molar-refractivity contribution >= 4 is 12.0 Å². The molecule has 5 saturated carbocycles. The molecule has 0 heterocycles. The molecule has 4 unspecified atom stereocenters. The molecule has 5 aliphatic rings. The first kappa shape index (κ1) is 31.7. The van der Waals surface area contributed by atoms with E-state index >= 15 is 0 Å². The second kappa shape index (κ2) is 10.4. The van der Waals surface area contributed by atoms with Crippen LogP contribution >= 0.6 is 0 Å². The minimum atomic E-state index is -0.537. The molecule has 0 spiro atoms. The Balaban J connectivity index is 1.25. The number of aromatic hydroxyl groups is 2. The number of esters is 1. The zero-order valence-corrected chi connectivity index (χ0v) is 28.2. The fourth-order valence-corrected chi connectivity index (χ4v) is 12.6. The molecular weight excluding hydrogens is 548 g/mol. The van der Waals surface area contributed by atoms with Gasteiger partial charge in [-0.2, -0.15) is 0 Å². The minimum absolute atomic E-state index is 0.156. The number of ether oxygens (including phenoxy) is 1. The van der Waals surface area contributed by atoms with E-state index in [9.17, 15) is 20.1 Å². The van der Waals surface area contributed by atoms with Crippen LogP contribution in [-0.2, 0) is 9.53 Å². The van der Waals surface area contributed by atoms with Gasteiger partial charge in [0, 0.05) is 23.3 Å². The van der Waals surface area contributed by atoms with Gasteiger partial charge in [-0.1, -0.05) is 59.8 Å². The van der Waals surface area contributed by atoms with Gasteiger partial charge < -0.3 is 20.1 Å². The van der Waals surface area contributed by atoms with Gasteiger partial charge in [-0.3, -0.25) is 0 Å². The number of allylic oxidation sites excluding steroid dienone is 1. The summed E-state index contributed by atoms with van der Waals surface area (Å²) in [4.78, 5) is 13.0. The van der Waals surface area contributed by atoms with E-state index < -0.39 is 12.1 Å². The summed E-state index contributed by atoms with van der Waals surface area (Å²) in [5, 5.41) is 31.5. The Bertz CT molecular complexity index is 1360. The minimum Gasteiger partial charge on any atom is -0.504 e. The molecule has 11 atom stereocenters. The van der Waals surface area contributed by atoms with Gasteiger partial charge in [0.15, 0.2) is 11.5 Å². The maximum Gasteiger partial charge on any atom is 0.331 e. The Kier molecular flexibility index (Phi) is 7.47. The zero-order chi connectivity index (χ0) is 32.0. The lowest BCUT2D eigenvalue weighted by atomic mass is 9.32. The maximum absolute atomic E-state index is 13.0. The van der Waals surface area contributed by atoms with Crippen LogP contribution in [0.5, 0.6) is 11.5 Å². The number of benzene rings is 1. The van der Waals surface area contributed by atoms with Gasteiger partial charge in [-0.15, -0.1) is 0 Å². The van der Waals surface area contributed by atoms with Crippen LogP contribution in [-0.4, -0.2) is 33.5 Å². The number of phenols is 2. The molecule has 44 heavy (non-hydrogen) atoms. The molecule has 0 aromatic heterocycles.